The molecule has 1 unspecified atom stereocenters. The predicted octanol–water partition coefficient (Wildman–Crippen LogP) is 4.69. The van der Waals surface area contributed by atoms with Crippen LogP contribution in [0, 0.1) is 13.8 Å². The second-order valence-electron chi connectivity index (χ2n) is 6.53. The zero-order chi connectivity index (χ0) is 17.2. The van der Waals surface area contributed by atoms with Crippen LogP contribution in [0.1, 0.15) is 43.0 Å². The zero-order valence-electron chi connectivity index (χ0n) is 14.9. The molecule has 1 atom stereocenters. The molecule has 2 nitrogen and oxygen atoms in total. The topological polar surface area (TPSA) is 32.6 Å². The summed E-state index contributed by atoms with van der Waals surface area (Å²) < 4.78 is 0. The normalized spacial score (nSPS) is 13.0. The summed E-state index contributed by atoms with van der Waals surface area (Å²) in [5, 5.41) is 11.7. The largest absolute Gasteiger partial charge is 0.507 e. The van der Waals surface area contributed by atoms with E-state index >= 15 is 0 Å². The Morgan fingerprint density at radius 1 is 1.04 bits per heavy atom. The molecule has 2 rings (SSSR count). The van der Waals surface area contributed by atoms with Gasteiger partial charge in [0.05, 0.1) is 0 Å². The van der Waals surface area contributed by atoms with Crippen molar-refractivity contribution in [3.05, 3.63) is 58.7 Å². The van der Waals surface area contributed by atoms with Crippen LogP contribution in [0.3, 0.4) is 0 Å². The highest BCUT2D eigenvalue weighted by Gasteiger charge is 2.27. The van der Waals surface area contributed by atoms with Gasteiger partial charge in [0, 0.05) is 29.0 Å². The number of aromatic hydroxyl groups is 1. The lowest BCUT2D eigenvalue weighted by atomic mass is 9.99. The molecule has 0 saturated carbocycles. The van der Waals surface area contributed by atoms with Gasteiger partial charge in [0.2, 0.25) is 0 Å². The standard InChI is InChI=1S/C20H26NOP/c1-13-9-8-12-17(18(13)22)20(4,5)23-19-14(2)10-7-11-16(19)15(3)21-6/h7-12,22-23H,1-6H3/b21-15+. The molecule has 0 radical (unpaired) electrons. The molecule has 0 aliphatic carbocycles. The smallest absolute Gasteiger partial charge is 0.122 e. The number of hydrogen-bond acceptors (Lipinski definition) is 2. The summed E-state index contributed by atoms with van der Waals surface area (Å²) in [6, 6.07) is 12.4. The van der Waals surface area contributed by atoms with E-state index in [1.165, 1.54) is 16.4 Å². The molecule has 0 aliphatic heterocycles. The van der Waals surface area contributed by atoms with Crippen LogP contribution in [0.15, 0.2) is 41.4 Å². The maximum atomic E-state index is 10.5. The van der Waals surface area contributed by atoms with E-state index in [1.54, 1.807) is 0 Å². The Hall–Kier alpha value is -1.66. The molecule has 0 saturated heterocycles. The van der Waals surface area contributed by atoms with Gasteiger partial charge in [-0.05, 0) is 37.2 Å². The van der Waals surface area contributed by atoms with Crippen molar-refractivity contribution < 1.29 is 5.11 Å². The Bertz CT molecular complexity index is 747. The van der Waals surface area contributed by atoms with Crippen LogP contribution >= 0.6 is 8.58 Å². The maximum absolute atomic E-state index is 10.5. The highest BCUT2D eigenvalue weighted by Crippen LogP contribution is 2.45. The predicted molar refractivity (Wildman–Crippen MR) is 103 cm³/mol. The summed E-state index contributed by atoms with van der Waals surface area (Å²) in [4.78, 5) is 4.37. The number of para-hydroxylation sites is 1. The van der Waals surface area contributed by atoms with Gasteiger partial charge in [-0.3, -0.25) is 4.99 Å². The second kappa shape index (κ2) is 6.84. The van der Waals surface area contributed by atoms with Gasteiger partial charge in [0.25, 0.3) is 0 Å². The first-order chi connectivity index (χ1) is 10.8. The quantitative estimate of drug-likeness (QED) is 0.641. The molecule has 2 aromatic rings. The lowest BCUT2D eigenvalue weighted by molar-refractivity contribution is 0.457. The van der Waals surface area contributed by atoms with Crippen molar-refractivity contribution in [2.45, 2.75) is 39.8 Å². The van der Waals surface area contributed by atoms with E-state index in [0.29, 0.717) is 14.3 Å². The Balaban J connectivity index is 2.51. The average molecular weight is 327 g/mol. The SMILES string of the molecule is C/N=C(\C)c1cccc(C)c1PC(C)(C)c1cccc(C)c1O. The Morgan fingerprint density at radius 3 is 2.30 bits per heavy atom. The van der Waals surface area contributed by atoms with Gasteiger partial charge in [0.15, 0.2) is 0 Å². The zero-order valence-corrected chi connectivity index (χ0v) is 15.9. The van der Waals surface area contributed by atoms with Crippen LogP contribution in [0.4, 0.5) is 0 Å². The number of hydrogen-bond donors (Lipinski definition) is 1. The lowest BCUT2D eigenvalue weighted by Crippen LogP contribution is -2.21. The highest BCUT2D eigenvalue weighted by atomic mass is 31.1. The van der Waals surface area contributed by atoms with Crippen LogP contribution in [0.25, 0.3) is 0 Å². The minimum atomic E-state index is -0.134. The molecule has 0 heterocycles. The average Bonchev–Trinajstić information content (AvgIpc) is 2.51. The summed E-state index contributed by atoms with van der Waals surface area (Å²) in [5.41, 5.74) is 5.49. The van der Waals surface area contributed by atoms with Crippen molar-refractivity contribution >= 4 is 19.6 Å². The van der Waals surface area contributed by atoms with Crippen molar-refractivity contribution in [3.63, 3.8) is 0 Å². The maximum Gasteiger partial charge on any atom is 0.122 e. The van der Waals surface area contributed by atoms with E-state index in [1.807, 2.05) is 32.2 Å². The van der Waals surface area contributed by atoms with Gasteiger partial charge in [-0.25, -0.2) is 0 Å². The lowest BCUT2D eigenvalue weighted by Gasteiger charge is -2.29. The number of phenols is 1. The molecule has 122 valence electrons. The Kier molecular flexibility index (Phi) is 5.26. The van der Waals surface area contributed by atoms with Crippen LogP contribution in [-0.4, -0.2) is 17.9 Å². The fraction of sp³-hybridized carbons (Fsp3) is 0.350. The molecule has 0 aliphatic rings. The van der Waals surface area contributed by atoms with Crippen LogP contribution in [0.2, 0.25) is 0 Å². The Morgan fingerprint density at radius 2 is 1.65 bits per heavy atom. The molecule has 2 aromatic carbocycles. The highest BCUT2D eigenvalue weighted by molar-refractivity contribution is 7.48. The summed E-state index contributed by atoms with van der Waals surface area (Å²) in [6.45, 7) is 10.6. The number of aliphatic imine (C=N–C) groups is 1. The van der Waals surface area contributed by atoms with Gasteiger partial charge in [-0.15, -0.1) is 0 Å². The molecule has 0 bridgehead atoms. The number of benzene rings is 2. The van der Waals surface area contributed by atoms with Crippen LogP contribution < -0.4 is 5.30 Å². The van der Waals surface area contributed by atoms with Gasteiger partial charge in [-0.1, -0.05) is 58.8 Å². The van der Waals surface area contributed by atoms with Gasteiger partial charge in [-0.2, -0.15) is 0 Å². The van der Waals surface area contributed by atoms with E-state index in [4.69, 9.17) is 0 Å². The number of aryl methyl sites for hydroxylation is 2. The summed E-state index contributed by atoms with van der Waals surface area (Å²) in [7, 11) is 2.39. The van der Waals surface area contributed by atoms with Crippen molar-refractivity contribution in [2.24, 2.45) is 4.99 Å². The van der Waals surface area contributed by atoms with Crippen molar-refractivity contribution in [3.8, 4) is 5.75 Å². The summed E-state index contributed by atoms with van der Waals surface area (Å²) >= 11 is 0. The monoisotopic (exact) mass is 327 g/mol. The molecule has 0 spiro atoms. The van der Waals surface area contributed by atoms with Crippen LogP contribution in [0.5, 0.6) is 5.75 Å². The minimum Gasteiger partial charge on any atom is -0.507 e. The first kappa shape index (κ1) is 17.7. The number of phenolic OH excluding ortho intramolecular Hbond substituents is 1. The van der Waals surface area contributed by atoms with E-state index in [2.05, 4.69) is 50.9 Å². The molecule has 23 heavy (non-hydrogen) atoms. The fourth-order valence-corrected chi connectivity index (χ4v) is 4.44. The summed E-state index contributed by atoms with van der Waals surface area (Å²) in [6.07, 6.45) is 0. The van der Waals surface area contributed by atoms with Gasteiger partial charge < -0.3 is 5.11 Å². The van der Waals surface area contributed by atoms with E-state index in [-0.39, 0.29) is 5.16 Å². The van der Waals surface area contributed by atoms with Crippen molar-refractivity contribution in [2.75, 3.05) is 7.05 Å². The second-order valence-corrected chi connectivity index (χ2v) is 8.53. The molecule has 1 N–H and O–H groups in total. The molecule has 0 amide bonds. The number of rotatable bonds is 4. The summed E-state index contributed by atoms with van der Waals surface area (Å²) in [5.74, 6) is 0.418. The Labute approximate surface area is 141 Å². The molecule has 0 aromatic heterocycles. The molecular formula is C20H26NOP. The third-order valence-corrected chi connectivity index (χ3v) is 6.15. The van der Waals surface area contributed by atoms with Crippen molar-refractivity contribution in [1.82, 2.24) is 0 Å². The third-order valence-electron chi connectivity index (χ3n) is 4.35. The molecule has 0 fully saturated rings. The molecule has 3 heteroatoms. The van der Waals surface area contributed by atoms with E-state index in [9.17, 15) is 5.11 Å². The van der Waals surface area contributed by atoms with E-state index in [0.717, 1.165) is 16.8 Å². The van der Waals surface area contributed by atoms with Crippen LogP contribution in [-0.2, 0) is 5.16 Å². The molecular weight excluding hydrogens is 301 g/mol. The van der Waals surface area contributed by atoms with Gasteiger partial charge >= 0.3 is 0 Å². The minimum absolute atomic E-state index is 0.134. The van der Waals surface area contributed by atoms with Gasteiger partial charge in [0.1, 0.15) is 5.75 Å². The van der Waals surface area contributed by atoms with Crippen molar-refractivity contribution in [1.29, 1.82) is 0 Å². The first-order valence-corrected chi connectivity index (χ1v) is 8.88. The fourth-order valence-electron chi connectivity index (χ4n) is 2.80. The first-order valence-electron chi connectivity index (χ1n) is 7.88. The van der Waals surface area contributed by atoms with E-state index < -0.39 is 0 Å². The third kappa shape index (κ3) is 3.64. The number of nitrogens with zero attached hydrogens (tertiary/aromatic N) is 1.